The predicted octanol–water partition coefficient (Wildman–Crippen LogP) is 3.75. The van der Waals surface area contributed by atoms with Gasteiger partial charge < -0.3 is 5.32 Å². The molecule has 19 heavy (non-hydrogen) atoms. The quantitative estimate of drug-likeness (QED) is 0.887. The molecule has 2 unspecified atom stereocenters. The van der Waals surface area contributed by atoms with Crippen LogP contribution in [0.25, 0.3) is 0 Å². The van der Waals surface area contributed by atoms with Crippen LogP contribution in [0.3, 0.4) is 0 Å². The van der Waals surface area contributed by atoms with Crippen molar-refractivity contribution in [3.63, 3.8) is 0 Å². The topological polar surface area (TPSA) is 15.3 Å². The molecule has 2 rings (SSSR count). The molecule has 2 nitrogen and oxygen atoms in total. The Hall–Kier alpha value is -0.380. The molecule has 0 radical (unpaired) electrons. The summed E-state index contributed by atoms with van der Waals surface area (Å²) in [6.07, 6.45) is 0. The summed E-state index contributed by atoms with van der Waals surface area (Å²) in [5, 5.41) is 3.68. The van der Waals surface area contributed by atoms with Crippen LogP contribution in [-0.2, 0) is 0 Å². The number of nitrogens with one attached hydrogen (secondary N) is 1. The van der Waals surface area contributed by atoms with E-state index in [-0.39, 0.29) is 0 Å². The zero-order valence-electron chi connectivity index (χ0n) is 13.2. The fraction of sp³-hybridized carbons (Fsp3) is 0.750. The smallest absolute Gasteiger partial charge is 0.0332 e. The molecule has 0 spiro atoms. The minimum Gasteiger partial charge on any atom is -0.311 e. The first-order valence-electron chi connectivity index (χ1n) is 7.33. The molecular formula is C16H28N2S. The van der Waals surface area contributed by atoms with Gasteiger partial charge in [0.1, 0.15) is 0 Å². The van der Waals surface area contributed by atoms with Crippen LogP contribution in [0.1, 0.15) is 49.1 Å². The van der Waals surface area contributed by atoms with Gasteiger partial charge in [0.05, 0.1) is 0 Å². The van der Waals surface area contributed by atoms with Crippen LogP contribution >= 0.6 is 11.3 Å². The van der Waals surface area contributed by atoms with Crippen molar-refractivity contribution >= 4 is 11.3 Å². The van der Waals surface area contributed by atoms with Crippen LogP contribution in [0.4, 0.5) is 0 Å². The van der Waals surface area contributed by atoms with Gasteiger partial charge in [-0.25, -0.2) is 0 Å². The van der Waals surface area contributed by atoms with E-state index in [1.165, 1.54) is 15.3 Å². The molecule has 0 bridgehead atoms. The second-order valence-corrected chi connectivity index (χ2v) is 8.37. The van der Waals surface area contributed by atoms with Gasteiger partial charge in [-0.05, 0) is 37.8 Å². The maximum atomic E-state index is 3.68. The molecule has 3 heteroatoms. The van der Waals surface area contributed by atoms with Gasteiger partial charge >= 0.3 is 0 Å². The molecule has 0 amide bonds. The van der Waals surface area contributed by atoms with E-state index < -0.39 is 0 Å². The molecule has 1 aromatic heterocycles. The van der Waals surface area contributed by atoms with Crippen LogP contribution in [0, 0.1) is 19.3 Å². The molecule has 0 saturated carbocycles. The monoisotopic (exact) mass is 280 g/mol. The van der Waals surface area contributed by atoms with Gasteiger partial charge in [-0.15, -0.1) is 11.3 Å². The standard InChI is InChI=1S/C16H28N2S/c1-11-9-14(13(3)19-11)12(2)18-8-7-17-15(10-18)16(4,5)6/h9,12,15,17H,7-8,10H2,1-6H3. The van der Waals surface area contributed by atoms with Crippen LogP contribution in [0.15, 0.2) is 6.07 Å². The predicted molar refractivity (Wildman–Crippen MR) is 85.0 cm³/mol. The Labute approximate surface area is 122 Å². The first kappa shape index (κ1) is 15.0. The molecule has 1 aliphatic rings. The van der Waals surface area contributed by atoms with Gasteiger partial charge in [0.25, 0.3) is 0 Å². The number of nitrogens with zero attached hydrogens (tertiary/aromatic N) is 1. The van der Waals surface area contributed by atoms with E-state index in [1.807, 2.05) is 11.3 Å². The van der Waals surface area contributed by atoms with Crippen molar-refractivity contribution in [2.24, 2.45) is 5.41 Å². The van der Waals surface area contributed by atoms with Crippen molar-refractivity contribution in [2.45, 2.75) is 53.6 Å². The van der Waals surface area contributed by atoms with E-state index >= 15 is 0 Å². The molecule has 1 N–H and O–H groups in total. The Balaban J connectivity index is 2.11. The summed E-state index contributed by atoms with van der Waals surface area (Å²) in [6, 6.07) is 3.50. The molecule has 1 saturated heterocycles. The number of piperazine rings is 1. The average molecular weight is 280 g/mol. The van der Waals surface area contributed by atoms with Crippen molar-refractivity contribution in [3.8, 4) is 0 Å². The van der Waals surface area contributed by atoms with Crippen LogP contribution < -0.4 is 5.32 Å². The lowest BCUT2D eigenvalue weighted by atomic mass is 9.85. The highest BCUT2D eigenvalue weighted by atomic mass is 32.1. The summed E-state index contributed by atoms with van der Waals surface area (Å²) in [7, 11) is 0. The van der Waals surface area contributed by atoms with E-state index in [0.717, 1.165) is 19.6 Å². The summed E-state index contributed by atoms with van der Waals surface area (Å²) in [5.74, 6) is 0. The van der Waals surface area contributed by atoms with E-state index in [9.17, 15) is 0 Å². The summed E-state index contributed by atoms with van der Waals surface area (Å²) >= 11 is 1.93. The molecule has 1 aromatic rings. The van der Waals surface area contributed by atoms with Crippen molar-refractivity contribution in [1.82, 2.24) is 10.2 Å². The van der Waals surface area contributed by atoms with Crippen molar-refractivity contribution in [1.29, 1.82) is 0 Å². The molecule has 0 aromatic carbocycles. The molecule has 0 aliphatic carbocycles. The lowest BCUT2D eigenvalue weighted by Gasteiger charge is -2.43. The fourth-order valence-electron chi connectivity index (χ4n) is 2.97. The van der Waals surface area contributed by atoms with Gasteiger partial charge in [-0.1, -0.05) is 20.8 Å². The number of hydrogen-bond donors (Lipinski definition) is 1. The van der Waals surface area contributed by atoms with Crippen LogP contribution in [0.5, 0.6) is 0 Å². The minimum absolute atomic E-state index is 0.331. The van der Waals surface area contributed by atoms with E-state index in [4.69, 9.17) is 0 Å². The highest BCUT2D eigenvalue weighted by Crippen LogP contribution is 2.32. The third-order valence-corrected chi connectivity index (χ3v) is 5.31. The number of rotatable bonds is 2. The normalized spacial score (nSPS) is 23.6. The lowest BCUT2D eigenvalue weighted by Crippen LogP contribution is -2.56. The van der Waals surface area contributed by atoms with E-state index in [0.29, 0.717) is 17.5 Å². The van der Waals surface area contributed by atoms with E-state index in [2.05, 4.69) is 57.8 Å². The van der Waals surface area contributed by atoms with Crippen LogP contribution in [0.2, 0.25) is 0 Å². The third-order valence-electron chi connectivity index (χ3n) is 4.33. The Morgan fingerprint density at radius 3 is 2.58 bits per heavy atom. The lowest BCUT2D eigenvalue weighted by molar-refractivity contribution is 0.104. The summed E-state index contributed by atoms with van der Waals surface area (Å²) in [4.78, 5) is 5.55. The van der Waals surface area contributed by atoms with Gasteiger partial charge in [0.2, 0.25) is 0 Å². The Morgan fingerprint density at radius 2 is 2.05 bits per heavy atom. The molecule has 1 fully saturated rings. The van der Waals surface area contributed by atoms with Crippen molar-refractivity contribution < 1.29 is 0 Å². The van der Waals surface area contributed by atoms with Gasteiger partial charge in [0, 0.05) is 41.5 Å². The van der Waals surface area contributed by atoms with Gasteiger partial charge in [-0.3, -0.25) is 4.90 Å². The second-order valence-electron chi connectivity index (χ2n) is 6.91. The fourth-order valence-corrected chi connectivity index (χ4v) is 3.98. The maximum Gasteiger partial charge on any atom is 0.0332 e. The first-order valence-corrected chi connectivity index (χ1v) is 8.15. The maximum absolute atomic E-state index is 3.68. The third kappa shape index (κ3) is 3.39. The van der Waals surface area contributed by atoms with Crippen LogP contribution in [-0.4, -0.2) is 30.6 Å². The molecule has 108 valence electrons. The second kappa shape index (κ2) is 5.55. The molecule has 1 aliphatic heterocycles. The number of thiophene rings is 1. The van der Waals surface area contributed by atoms with Crippen molar-refractivity contribution in [2.75, 3.05) is 19.6 Å². The largest absolute Gasteiger partial charge is 0.311 e. The molecular weight excluding hydrogens is 252 g/mol. The first-order chi connectivity index (χ1) is 8.79. The highest BCUT2D eigenvalue weighted by Gasteiger charge is 2.31. The van der Waals surface area contributed by atoms with Gasteiger partial charge in [0.15, 0.2) is 0 Å². The van der Waals surface area contributed by atoms with Crippen molar-refractivity contribution in [3.05, 3.63) is 21.4 Å². The number of hydrogen-bond acceptors (Lipinski definition) is 3. The Kier molecular flexibility index (Phi) is 4.38. The zero-order valence-corrected chi connectivity index (χ0v) is 14.0. The Morgan fingerprint density at radius 1 is 1.37 bits per heavy atom. The van der Waals surface area contributed by atoms with E-state index in [1.54, 1.807) is 0 Å². The SMILES string of the molecule is Cc1cc(C(C)N2CCNC(C(C)(C)C)C2)c(C)s1. The van der Waals surface area contributed by atoms with Gasteiger partial charge in [-0.2, -0.15) is 0 Å². The number of aryl methyl sites for hydroxylation is 2. The highest BCUT2D eigenvalue weighted by molar-refractivity contribution is 7.12. The summed E-state index contributed by atoms with van der Waals surface area (Å²) in [5.41, 5.74) is 1.86. The summed E-state index contributed by atoms with van der Waals surface area (Å²) in [6.45, 7) is 17.2. The Bertz CT molecular complexity index is 430. The molecule has 2 heterocycles. The zero-order chi connectivity index (χ0) is 14.2. The molecule has 2 atom stereocenters. The average Bonchev–Trinajstić information content (AvgIpc) is 2.66. The minimum atomic E-state index is 0.331. The summed E-state index contributed by atoms with van der Waals surface area (Å²) < 4.78 is 0.